The van der Waals surface area contributed by atoms with Gasteiger partial charge in [-0.25, -0.2) is 9.97 Å². The lowest BCUT2D eigenvalue weighted by Crippen LogP contribution is -2.71. The predicted octanol–water partition coefficient (Wildman–Crippen LogP) is 4.28. The smallest absolute Gasteiger partial charge is 0.251 e. The van der Waals surface area contributed by atoms with Gasteiger partial charge in [0.1, 0.15) is 47.5 Å². The van der Waals surface area contributed by atoms with Crippen molar-refractivity contribution in [1.82, 2.24) is 34.4 Å². The lowest BCUT2D eigenvalue weighted by atomic mass is 9.71. The number of nitrogens with zero attached hydrogens (tertiary/aromatic N) is 7. The van der Waals surface area contributed by atoms with Gasteiger partial charge in [0.25, 0.3) is 5.91 Å². The second kappa shape index (κ2) is 15.1. The Morgan fingerprint density at radius 2 is 1.78 bits per heavy atom. The summed E-state index contributed by atoms with van der Waals surface area (Å²) in [5, 5.41) is 2.35. The van der Waals surface area contributed by atoms with E-state index in [2.05, 4.69) is 36.0 Å². The number of carbonyl (C=O) groups is 3. The second-order valence-corrected chi connectivity index (χ2v) is 15.3. The highest BCUT2D eigenvalue weighted by molar-refractivity contribution is 6.03. The van der Waals surface area contributed by atoms with Crippen molar-refractivity contribution in [3.63, 3.8) is 0 Å². The number of hydrogen-bond acceptors (Lipinski definition) is 11. The topological polar surface area (TPSA) is 151 Å². The van der Waals surface area contributed by atoms with Crippen LogP contribution in [0.2, 0.25) is 0 Å². The van der Waals surface area contributed by atoms with E-state index < -0.39 is 11.9 Å². The summed E-state index contributed by atoms with van der Waals surface area (Å²) in [5.41, 5.74) is 9.72. The molecule has 4 saturated heterocycles. The Hall–Kier alpha value is -5.31. The first-order chi connectivity index (χ1) is 26.6. The zero-order chi connectivity index (χ0) is 38.3. The van der Waals surface area contributed by atoms with E-state index in [9.17, 15) is 14.4 Å². The Balaban J connectivity index is 0.843. The average Bonchev–Trinajstić information content (AvgIpc) is 3.56. The Morgan fingerprint density at radius 3 is 2.47 bits per heavy atom. The van der Waals surface area contributed by atoms with Crippen LogP contribution in [0, 0.1) is 5.41 Å². The van der Waals surface area contributed by atoms with E-state index >= 15 is 0 Å². The Bertz CT molecular complexity index is 2060. The molecule has 4 aliphatic heterocycles. The molecule has 1 spiro atoms. The van der Waals surface area contributed by atoms with Crippen LogP contribution >= 0.6 is 0 Å². The number of hydrogen-bond donors (Lipinski definition) is 2. The lowest BCUT2D eigenvalue weighted by molar-refractivity contribution is -0.170. The summed E-state index contributed by atoms with van der Waals surface area (Å²) in [4.78, 5) is 55.7. The Morgan fingerprint density at radius 1 is 1.07 bits per heavy atom. The molecule has 2 aromatic carbocycles. The van der Waals surface area contributed by atoms with Gasteiger partial charge in [-0.15, -0.1) is 0 Å². The van der Waals surface area contributed by atoms with E-state index in [0.29, 0.717) is 29.3 Å². The molecule has 0 bridgehead atoms. The molecule has 2 aromatic heterocycles. The van der Waals surface area contributed by atoms with E-state index in [-0.39, 0.29) is 37.6 Å². The summed E-state index contributed by atoms with van der Waals surface area (Å²) in [7, 11) is 0. The average molecular weight is 748 g/mol. The fraction of sp³-hybridized carbons (Fsp3) is 0.439. The number of aromatic nitrogens is 3. The SMILES string of the molecule is C=C(CC)C(=O)N(COC(C)N1CC(N2CC3(CCN(c4nc(-c5ccc(Oc6ccccc6)cc5)c5c(N)nccn45)CC3)C2)C1)C1CCC(=O)NC1=O. The Kier molecular flexibility index (Phi) is 10.1. The minimum atomic E-state index is -0.753. The molecule has 14 nitrogen and oxygen atoms in total. The summed E-state index contributed by atoms with van der Waals surface area (Å²) < 4.78 is 14.2. The van der Waals surface area contributed by atoms with Gasteiger partial charge in [0.2, 0.25) is 17.8 Å². The third-order valence-corrected chi connectivity index (χ3v) is 11.8. The van der Waals surface area contributed by atoms with Crippen LogP contribution in [-0.2, 0) is 19.1 Å². The number of ether oxygens (including phenoxy) is 2. The summed E-state index contributed by atoms with van der Waals surface area (Å²) in [6, 6.07) is 17.4. The number of imide groups is 1. The Labute approximate surface area is 320 Å². The number of nitrogens with two attached hydrogens (primary N) is 1. The molecule has 0 aliphatic carbocycles. The van der Waals surface area contributed by atoms with Gasteiger partial charge >= 0.3 is 0 Å². The van der Waals surface area contributed by atoms with Crippen LogP contribution in [-0.4, -0.2) is 111 Å². The normalized spacial score (nSPS) is 20.8. The summed E-state index contributed by atoms with van der Waals surface area (Å²) in [6.07, 6.45) is 6.55. The van der Waals surface area contributed by atoms with Gasteiger partial charge < -0.3 is 25.0 Å². The minimum absolute atomic E-state index is 0.0395. The van der Waals surface area contributed by atoms with Gasteiger partial charge in [0.15, 0.2) is 0 Å². The number of benzene rings is 2. The first-order valence-electron chi connectivity index (χ1n) is 19.2. The van der Waals surface area contributed by atoms with Crippen LogP contribution in [0.25, 0.3) is 16.8 Å². The fourth-order valence-electron chi connectivity index (χ4n) is 8.28. The molecule has 2 atom stereocenters. The van der Waals surface area contributed by atoms with Crippen LogP contribution in [0.1, 0.15) is 46.0 Å². The molecule has 4 aliphatic rings. The highest BCUT2D eigenvalue weighted by Crippen LogP contribution is 2.44. The van der Waals surface area contributed by atoms with Crippen molar-refractivity contribution >= 4 is 35.0 Å². The molecule has 3 amide bonds. The molecule has 0 saturated carbocycles. The molecule has 3 N–H and O–H groups in total. The van der Waals surface area contributed by atoms with Crippen molar-refractivity contribution < 1.29 is 23.9 Å². The number of amides is 3. The third kappa shape index (κ3) is 7.29. The van der Waals surface area contributed by atoms with Gasteiger partial charge in [0, 0.05) is 75.3 Å². The maximum atomic E-state index is 13.1. The highest BCUT2D eigenvalue weighted by Gasteiger charge is 2.50. The molecule has 14 heteroatoms. The number of rotatable bonds is 12. The van der Waals surface area contributed by atoms with Crippen molar-refractivity contribution in [1.29, 1.82) is 0 Å². The predicted molar refractivity (Wildman–Crippen MR) is 208 cm³/mol. The van der Waals surface area contributed by atoms with Gasteiger partial charge in [-0.3, -0.25) is 33.9 Å². The number of para-hydroxylation sites is 1. The lowest BCUT2D eigenvalue weighted by Gasteiger charge is -2.60. The quantitative estimate of drug-likeness (QED) is 0.122. The third-order valence-electron chi connectivity index (χ3n) is 11.8. The molecule has 4 aromatic rings. The highest BCUT2D eigenvalue weighted by atomic mass is 16.5. The largest absolute Gasteiger partial charge is 0.457 e. The molecule has 55 heavy (non-hydrogen) atoms. The second-order valence-electron chi connectivity index (χ2n) is 15.3. The van der Waals surface area contributed by atoms with Crippen LogP contribution in [0.15, 0.2) is 79.1 Å². The standard InChI is InChI=1S/C41H49N9O5/c1-4-27(2)39(53)50(33-14-15-34(51)44-38(33)52)26-54-28(3)47-22-30(23-47)48-24-41(25-48)16-19-46(20-17-41)40-45-35(36-37(42)43-18-21-49(36)40)29-10-12-32(13-11-29)55-31-8-6-5-7-9-31/h5-13,18,21,28,30,33H,2,4,14-17,19-20,22-26H2,1,3H3,(H2,42,43)(H,44,51,52). The van der Waals surface area contributed by atoms with E-state index in [1.165, 1.54) is 4.90 Å². The first-order valence-corrected chi connectivity index (χ1v) is 19.2. The maximum absolute atomic E-state index is 13.1. The van der Waals surface area contributed by atoms with Crippen molar-refractivity contribution in [2.24, 2.45) is 5.41 Å². The number of likely N-dealkylation sites (tertiary alicyclic amines) is 2. The van der Waals surface area contributed by atoms with Gasteiger partial charge in [-0.1, -0.05) is 31.7 Å². The van der Waals surface area contributed by atoms with E-state index in [4.69, 9.17) is 20.2 Å². The van der Waals surface area contributed by atoms with Crippen LogP contribution in [0.3, 0.4) is 0 Å². The van der Waals surface area contributed by atoms with Crippen LogP contribution < -0.4 is 20.7 Å². The van der Waals surface area contributed by atoms with E-state index in [1.54, 1.807) is 6.20 Å². The number of nitrogen functional groups attached to an aromatic ring is 1. The number of carbonyl (C=O) groups excluding carboxylic acids is 3. The van der Waals surface area contributed by atoms with Crippen LogP contribution in [0.5, 0.6) is 11.5 Å². The number of fused-ring (bicyclic) bond motifs is 1. The van der Waals surface area contributed by atoms with Gasteiger partial charge in [-0.05, 0) is 74.4 Å². The fourth-order valence-corrected chi connectivity index (χ4v) is 8.28. The molecule has 6 heterocycles. The molecule has 8 rings (SSSR count). The van der Waals surface area contributed by atoms with Crippen molar-refractivity contribution in [2.45, 2.75) is 64.3 Å². The molecule has 0 radical (unpaired) electrons. The number of nitrogens with one attached hydrogen (secondary N) is 1. The monoisotopic (exact) mass is 747 g/mol. The molecular weight excluding hydrogens is 699 g/mol. The zero-order valence-electron chi connectivity index (χ0n) is 31.5. The minimum Gasteiger partial charge on any atom is -0.457 e. The summed E-state index contributed by atoms with van der Waals surface area (Å²) in [5.74, 6) is 1.76. The number of imidazole rings is 1. The van der Waals surface area contributed by atoms with E-state index in [1.807, 2.05) is 74.6 Å². The first kappa shape index (κ1) is 36.7. The molecule has 288 valence electrons. The van der Waals surface area contributed by atoms with Crippen LogP contribution in [0.4, 0.5) is 11.8 Å². The van der Waals surface area contributed by atoms with Gasteiger partial charge in [-0.2, -0.15) is 0 Å². The summed E-state index contributed by atoms with van der Waals surface area (Å²) >= 11 is 0. The molecule has 4 fully saturated rings. The number of piperidine rings is 2. The summed E-state index contributed by atoms with van der Waals surface area (Å²) in [6.45, 7) is 13.4. The van der Waals surface area contributed by atoms with Crippen molar-refractivity contribution in [3.05, 3.63) is 79.1 Å². The van der Waals surface area contributed by atoms with Crippen molar-refractivity contribution in [3.8, 4) is 22.8 Å². The van der Waals surface area contributed by atoms with E-state index in [0.717, 1.165) is 86.3 Å². The maximum Gasteiger partial charge on any atom is 0.251 e. The zero-order valence-corrected chi connectivity index (χ0v) is 31.5. The number of anilines is 2. The molecule has 2 unspecified atom stereocenters. The van der Waals surface area contributed by atoms with Gasteiger partial charge in [0.05, 0.1) is 0 Å². The van der Waals surface area contributed by atoms with Crippen molar-refractivity contribution in [2.75, 3.05) is 56.6 Å². The molecular formula is C41H49N9O5.